The van der Waals surface area contributed by atoms with Crippen LogP contribution in [0, 0.1) is 0 Å². The molecule has 29 heavy (non-hydrogen) atoms. The van der Waals surface area contributed by atoms with Crippen molar-refractivity contribution in [1.82, 2.24) is 14.7 Å². The van der Waals surface area contributed by atoms with E-state index in [1.165, 1.54) is 0 Å². The molecule has 6 nitrogen and oxygen atoms in total. The van der Waals surface area contributed by atoms with E-state index in [0.29, 0.717) is 22.9 Å². The van der Waals surface area contributed by atoms with Gasteiger partial charge in [0.1, 0.15) is 12.4 Å². The van der Waals surface area contributed by atoms with E-state index in [0.717, 1.165) is 12.1 Å². The predicted molar refractivity (Wildman–Crippen MR) is 118 cm³/mol. The number of nitrogens with one attached hydrogen (secondary N) is 1. The van der Waals surface area contributed by atoms with E-state index >= 15 is 0 Å². The number of carbonyl (C=O) groups excluding carboxylic acids is 2. The molecular formula is C22H31ClN4O2. The first-order chi connectivity index (χ1) is 13.5. The smallest absolute Gasteiger partial charge is 0.245 e. The van der Waals surface area contributed by atoms with Gasteiger partial charge in [0.05, 0.1) is 16.4 Å². The zero-order valence-corrected chi connectivity index (χ0v) is 18.9. The molecule has 1 aromatic carbocycles. The number of halogens is 1. The topological polar surface area (TPSA) is 67.2 Å². The normalized spacial score (nSPS) is 11.6. The minimum atomic E-state index is -0.267. The summed E-state index contributed by atoms with van der Waals surface area (Å²) in [6, 6.07) is 9.15. The highest BCUT2D eigenvalue weighted by atomic mass is 35.5. The average Bonchev–Trinajstić information content (AvgIpc) is 3.04. The van der Waals surface area contributed by atoms with Crippen molar-refractivity contribution >= 4 is 29.2 Å². The summed E-state index contributed by atoms with van der Waals surface area (Å²) >= 11 is 6.37. The largest absolute Gasteiger partial charge is 0.331 e. The lowest BCUT2D eigenvalue weighted by molar-refractivity contribution is -0.136. The zero-order chi connectivity index (χ0) is 21.8. The quantitative estimate of drug-likeness (QED) is 0.702. The molecular weight excluding hydrogens is 388 g/mol. The lowest BCUT2D eigenvalue weighted by Gasteiger charge is -2.26. The molecule has 0 spiro atoms. The number of amides is 2. The van der Waals surface area contributed by atoms with Crippen LogP contribution in [0.4, 0.5) is 5.82 Å². The van der Waals surface area contributed by atoms with E-state index in [4.69, 9.17) is 11.6 Å². The van der Waals surface area contributed by atoms with Gasteiger partial charge in [-0.2, -0.15) is 5.10 Å². The van der Waals surface area contributed by atoms with E-state index in [1.54, 1.807) is 15.6 Å². The Balaban J connectivity index is 2.33. The lowest BCUT2D eigenvalue weighted by atomic mass is 9.92. The van der Waals surface area contributed by atoms with Crippen LogP contribution in [0.25, 0.3) is 5.69 Å². The fraction of sp³-hybridized carbons (Fsp3) is 0.500. The number of carbonyl (C=O) groups is 2. The number of para-hydroxylation sites is 1. The second-order valence-corrected chi connectivity index (χ2v) is 8.85. The molecule has 0 atom stereocenters. The standard InChI is InChI=1S/C22H31ClN4O2/c1-7-10-21(29)26(15(2)3)14-20(28)24-19-13-18(22(4,5)6)25-27(19)17-12-9-8-11-16(17)23/h8-9,11-13,15H,7,10,14H2,1-6H3,(H,24,28). The Kier molecular flexibility index (Phi) is 7.47. The van der Waals surface area contributed by atoms with Crippen molar-refractivity contribution in [2.75, 3.05) is 11.9 Å². The van der Waals surface area contributed by atoms with Crippen LogP contribution in [-0.4, -0.2) is 39.1 Å². The maximum absolute atomic E-state index is 12.8. The van der Waals surface area contributed by atoms with Crippen LogP contribution in [0.3, 0.4) is 0 Å². The second-order valence-electron chi connectivity index (χ2n) is 8.44. The Bertz CT molecular complexity index is 868. The predicted octanol–water partition coefficient (Wildman–Crippen LogP) is 4.80. The first kappa shape index (κ1) is 22.9. The van der Waals surface area contributed by atoms with Gasteiger partial charge in [-0.05, 0) is 32.4 Å². The Labute approximate surface area is 178 Å². The maximum Gasteiger partial charge on any atom is 0.245 e. The molecule has 0 fully saturated rings. The molecule has 0 aliphatic carbocycles. The average molecular weight is 419 g/mol. The molecule has 2 amide bonds. The van der Waals surface area contributed by atoms with Crippen molar-refractivity contribution in [3.63, 3.8) is 0 Å². The third-order valence-electron chi connectivity index (χ3n) is 4.55. The summed E-state index contributed by atoms with van der Waals surface area (Å²) in [5.74, 6) is 0.240. The minimum Gasteiger partial charge on any atom is -0.331 e. The molecule has 0 saturated carbocycles. The highest BCUT2D eigenvalue weighted by Gasteiger charge is 2.24. The second kappa shape index (κ2) is 9.44. The van der Waals surface area contributed by atoms with E-state index in [1.807, 2.05) is 45.0 Å². The van der Waals surface area contributed by atoms with Gasteiger partial charge in [0.2, 0.25) is 11.8 Å². The van der Waals surface area contributed by atoms with Crippen molar-refractivity contribution in [1.29, 1.82) is 0 Å². The van der Waals surface area contributed by atoms with Crippen molar-refractivity contribution in [2.45, 2.75) is 65.8 Å². The molecule has 1 aromatic heterocycles. The van der Waals surface area contributed by atoms with Gasteiger partial charge in [-0.1, -0.05) is 51.4 Å². The molecule has 2 aromatic rings. The monoisotopic (exact) mass is 418 g/mol. The van der Waals surface area contributed by atoms with Gasteiger partial charge in [0.15, 0.2) is 0 Å². The van der Waals surface area contributed by atoms with E-state index in [9.17, 15) is 9.59 Å². The molecule has 7 heteroatoms. The highest BCUT2D eigenvalue weighted by molar-refractivity contribution is 6.32. The van der Waals surface area contributed by atoms with Crippen LogP contribution in [-0.2, 0) is 15.0 Å². The Morgan fingerprint density at radius 2 is 1.90 bits per heavy atom. The molecule has 1 N–H and O–H groups in total. The van der Waals surface area contributed by atoms with Crippen LogP contribution >= 0.6 is 11.6 Å². The molecule has 0 aliphatic heterocycles. The molecule has 0 unspecified atom stereocenters. The van der Waals surface area contributed by atoms with Crippen molar-refractivity contribution in [2.24, 2.45) is 0 Å². The fourth-order valence-electron chi connectivity index (χ4n) is 2.90. The summed E-state index contributed by atoms with van der Waals surface area (Å²) < 4.78 is 1.65. The van der Waals surface area contributed by atoms with Gasteiger partial charge in [-0.3, -0.25) is 9.59 Å². The third kappa shape index (κ3) is 5.82. The van der Waals surface area contributed by atoms with Gasteiger partial charge in [-0.25, -0.2) is 4.68 Å². The van der Waals surface area contributed by atoms with Gasteiger partial charge in [0, 0.05) is 23.9 Å². The lowest BCUT2D eigenvalue weighted by Crippen LogP contribution is -2.42. The highest BCUT2D eigenvalue weighted by Crippen LogP contribution is 2.29. The SMILES string of the molecule is CCCC(=O)N(CC(=O)Nc1cc(C(C)(C)C)nn1-c1ccccc1Cl)C(C)C. The van der Waals surface area contributed by atoms with E-state index in [2.05, 4.69) is 31.2 Å². The Hall–Kier alpha value is -2.34. The van der Waals surface area contributed by atoms with E-state index in [-0.39, 0.29) is 29.8 Å². The Morgan fingerprint density at radius 1 is 1.24 bits per heavy atom. The van der Waals surface area contributed by atoms with Gasteiger partial charge in [-0.15, -0.1) is 0 Å². The van der Waals surface area contributed by atoms with Crippen LogP contribution in [0.1, 0.15) is 60.1 Å². The first-order valence-electron chi connectivity index (χ1n) is 9.99. The van der Waals surface area contributed by atoms with Gasteiger partial charge in [0.25, 0.3) is 0 Å². The van der Waals surface area contributed by atoms with Crippen molar-refractivity contribution < 1.29 is 9.59 Å². The molecule has 1 heterocycles. The van der Waals surface area contributed by atoms with Crippen LogP contribution < -0.4 is 5.32 Å². The van der Waals surface area contributed by atoms with Gasteiger partial charge >= 0.3 is 0 Å². The fourth-order valence-corrected chi connectivity index (χ4v) is 3.11. The third-order valence-corrected chi connectivity index (χ3v) is 4.87. The molecule has 0 saturated heterocycles. The Morgan fingerprint density at radius 3 is 2.45 bits per heavy atom. The number of rotatable bonds is 7. The summed E-state index contributed by atoms with van der Waals surface area (Å²) in [4.78, 5) is 26.7. The van der Waals surface area contributed by atoms with Crippen LogP contribution in [0.15, 0.2) is 30.3 Å². The summed E-state index contributed by atoms with van der Waals surface area (Å²) in [5.41, 5.74) is 1.31. The number of anilines is 1. The first-order valence-corrected chi connectivity index (χ1v) is 10.4. The summed E-state index contributed by atoms with van der Waals surface area (Å²) in [7, 11) is 0. The van der Waals surface area contributed by atoms with Crippen LogP contribution in [0.5, 0.6) is 0 Å². The van der Waals surface area contributed by atoms with Gasteiger partial charge < -0.3 is 10.2 Å². The maximum atomic E-state index is 12.8. The van der Waals surface area contributed by atoms with E-state index < -0.39 is 0 Å². The van der Waals surface area contributed by atoms with Crippen molar-refractivity contribution in [3.8, 4) is 5.69 Å². The van der Waals surface area contributed by atoms with Crippen molar-refractivity contribution in [3.05, 3.63) is 41.0 Å². The molecule has 0 aliphatic rings. The number of hydrogen-bond acceptors (Lipinski definition) is 3. The summed E-state index contributed by atoms with van der Waals surface area (Å²) in [6.07, 6.45) is 1.18. The number of aromatic nitrogens is 2. The number of benzene rings is 1. The minimum absolute atomic E-state index is 0.00491. The zero-order valence-electron chi connectivity index (χ0n) is 18.1. The number of hydrogen-bond donors (Lipinski definition) is 1. The molecule has 2 rings (SSSR count). The van der Waals surface area contributed by atoms with Crippen LogP contribution in [0.2, 0.25) is 5.02 Å². The summed E-state index contributed by atoms with van der Waals surface area (Å²) in [6.45, 7) is 11.9. The molecule has 0 bridgehead atoms. The molecule has 0 radical (unpaired) electrons. The molecule has 158 valence electrons. The number of nitrogens with zero attached hydrogens (tertiary/aromatic N) is 3. The summed E-state index contributed by atoms with van der Waals surface area (Å²) in [5, 5.41) is 8.14.